The van der Waals surface area contributed by atoms with Gasteiger partial charge in [-0.3, -0.25) is 4.79 Å². The molecule has 0 heterocycles. The van der Waals surface area contributed by atoms with Crippen molar-refractivity contribution in [2.75, 3.05) is 23.1 Å². The lowest BCUT2D eigenvalue weighted by atomic mass is 10.2. The molecule has 1 amide bonds. The number of halogens is 1. The van der Waals surface area contributed by atoms with Crippen LogP contribution in [0.3, 0.4) is 0 Å². The SMILES string of the molecule is CSCCCC(=O)Nc1ccccc1N.Cl. The minimum atomic E-state index is 0. The van der Waals surface area contributed by atoms with Gasteiger partial charge in [-0.25, -0.2) is 0 Å². The van der Waals surface area contributed by atoms with Crippen molar-refractivity contribution in [2.45, 2.75) is 12.8 Å². The van der Waals surface area contributed by atoms with E-state index in [1.165, 1.54) is 0 Å². The van der Waals surface area contributed by atoms with Crippen LogP contribution in [0.1, 0.15) is 12.8 Å². The molecule has 0 spiro atoms. The number of carbonyl (C=O) groups excluding carboxylic acids is 1. The van der Waals surface area contributed by atoms with Crippen molar-refractivity contribution in [3.8, 4) is 0 Å². The number of carbonyl (C=O) groups is 1. The first-order valence-corrected chi connectivity index (χ1v) is 6.26. The third kappa shape index (κ3) is 5.28. The zero-order chi connectivity index (χ0) is 11.1. The smallest absolute Gasteiger partial charge is 0.224 e. The van der Waals surface area contributed by atoms with Crippen LogP contribution in [-0.2, 0) is 4.79 Å². The van der Waals surface area contributed by atoms with Crippen LogP contribution < -0.4 is 11.1 Å². The van der Waals surface area contributed by atoms with Crippen molar-refractivity contribution in [1.29, 1.82) is 0 Å². The summed E-state index contributed by atoms with van der Waals surface area (Å²) in [4.78, 5) is 11.5. The highest BCUT2D eigenvalue weighted by molar-refractivity contribution is 7.98. The van der Waals surface area contributed by atoms with Gasteiger partial charge in [0.1, 0.15) is 0 Å². The maximum Gasteiger partial charge on any atom is 0.224 e. The Morgan fingerprint density at radius 1 is 1.44 bits per heavy atom. The molecule has 0 saturated heterocycles. The highest BCUT2D eigenvalue weighted by Crippen LogP contribution is 2.17. The monoisotopic (exact) mass is 260 g/mol. The fourth-order valence-corrected chi connectivity index (χ4v) is 1.63. The summed E-state index contributed by atoms with van der Waals surface area (Å²) in [6, 6.07) is 7.28. The molecule has 0 fully saturated rings. The van der Waals surface area contributed by atoms with E-state index in [0.29, 0.717) is 17.8 Å². The van der Waals surface area contributed by atoms with E-state index in [4.69, 9.17) is 5.73 Å². The summed E-state index contributed by atoms with van der Waals surface area (Å²) in [5.41, 5.74) is 7.01. The van der Waals surface area contributed by atoms with E-state index in [9.17, 15) is 4.79 Å². The van der Waals surface area contributed by atoms with Crippen molar-refractivity contribution in [3.63, 3.8) is 0 Å². The highest BCUT2D eigenvalue weighted by atomic mass is 35.5. The maximum absolute atomic E-state index is 11.5. The van der Waals surface area contributed by atoms with Gasteiger partial charge in [-0.15, -0.1) is 12.4 Å². The van der Waals surface area contributed by atoms with Crippen molar-refractivity contribution < 1.29 is 4.79 Å². The van der Waals surface area contributed by atoms with Crippen LogP contribution in [0.15, 0.2) is 24.3 Å². The van der Waals surface area contributed by atoms with Gasteiger partial charge < -0.3 is 11.1 Å². The van der Waals surface area contributed by atoms with Gasteiger partial charge in [0.15, 0.2) is 0 Å². The van der Waals surface area contributed by atoms with Gasteiger partial charge in [-0.1, -0.05) is 12.1 Å². The third-order valence-corrected chi connectivity index (χ3v) is 2.68. The molecule has 0 bridgehead atoms. The number of nitrogen functional groups attached to an aromatic ring is 1. The van der Waals surface area contributed by atoms with Crippen LogP contribution in [0.4, 0.5) is 11.4 Å². The summed E-state index contributed by atoms with van der Waals surface area (Å²) in [6.45, 7) is 0. The molecule has 0 aliphatic carbocycles. The van der Waals surface area contributed by atoms with Crippen molar-refractivity contribution >= 4 is 41.5 Å². The Kier molecular flexibility index (Phi) is 7.85. The third-order valence-electron chi connectivity index (χ3n) is 1.99. The number of anilines is 2. The molecule has 0 radical (unpaired) electrons. The summed E-state index contributed by atoms with van der Waals surface area (Å²) in [5, 5.41) is 2.80. The summed E-state index contributed by atoms with van der Waals surface area (Å²) in [7, 11) is 0. The lowest BCUT2D eigenvalue weighted by Crippen LogP contribution is -2.12. The zero-order valence-corrected chi connectivity index (χ0v) is 10.9. The van der Waals surface area contributed by atoms with Gasteiger partial charge in [0, 0.05) is 6.42 Å². The number of rotatable bonds is 5. The minimum absolute atomic E-state index is 0. The van der Waals surface area contributed by atoms with E-state index >= 15 is 0 Å². The molecule has 0 aliphatic rings. The molecular formula is C11H17ClN2OS. The molecule has 3 N–H and O–H groups in total. The molecule has 1 rings (SSSR count). The van der Waals surface area contributed by atoms with Crippen LogP contribution in [-0.4, -0.2) is 17.9 Å². The Morgan fingerprint density at radius 2 is 2.12 bits per heavy atom. The van der Waals surface area contributed by atoms with E-state index in [0.717, 1.165) is 12.2 Å². The van der Waals surface area contributed by atoms with Gasteiger partial charge in [0.2, 0.25) is 5.91 Å². The Bertz CT molecular complexity index is 334. The number of hydrogen-bond acceptors (Lipinski definition) is 3. The highest BCUT2D eigenvalue weighted by Gasteiger charge is 2.03. The van der Waals surface area contributed by atoms with Crippen LogP contribution >= 0.6 is 24.2 Å². The zero-order valence-electron chi connectivity index (χ0n) is 9.23. The van der Waals surface area contributed by atoms with E-state index < -0.39 is 0 Å². The molecule has 1 aromatic carbocycles. The standard InChI is InChI=1S/C11H16N2OS.ClH/c1-15-8-4-7-11(14)13-10-6-3-2-5-9(10)12;/h2-3,5-6H,4,7-8,12H2,1H3,(H,13,14);1H. The second-order valence-corrected chi connectivity index (χ2v) is 4.22. The average Bonchev–Trinajstić information content (AvgIpc) is 2.22. The number of amides is 1. The molecule has 0 unspecified atom stereocenters. The van der Waals surface area contributed by atoms with Gasteiger partial charge in [-0.2, -0.15) is 11.8 Å². The number of para-hydroxylation sites is 2. The van der Waals surface area contributed by atoms with Gasteiger partial charge >= 0.3 is 0 Å². The van der Waals surface area contributed by atoms with Crippen LogP contribution in [0, 0.1) is 0 Å². The molecule has 0 aliphatic heterocycles. The van der Waals surface area contributed by atoms with Crippen molar-refractivity contribution in [3.05, 3.63) is 24.3 Å². The number of nitrogens with two attached hydrogens (primary N) is 1. The minimum Gasteiger partial charge on any atom is -0.397 e. The van der Waals surface area contributed by atoms with E-state index in [1.54, 1.807) is 17.8 Å². The number of hydrogen-bond donors (Lipinski definition) is 2. The first-order chi connectivity index (χ1) is 7.24. The van der Waals surface area contributed by atoms with Crippen molar-refractivity contribution in [2.24, 2.45) is 0 Å². The van der Waals surface area contributed by atoms with E-state index in [1.807, 2.05) is 24.5 Å². The molecule has 1 aromatic rings. The van der Waals surface area contributed by atoms with Gasteiger partial charge in [0.25, 0.3) is 0 Å². The lowest BCUT2D eigenvalue weighted by molar-refractivity contribution is -0.116. The molecular weight excluding hydrogens is 244 g/mol. The van der Waals surface area contributed by atoms with E-state index in [2.05, 4.69) is 5.32 Å². The van der Waals surface area contributed by atoms with Crippen LogP contribution in [0.2, 0.25) is 0 Å². The fourth-order valence-electron chi connectivity index (χ4n) is 1.20. The van der Waals surface area contributed by atoms with Gasteiger partial charge in [0.05, 0.1) is 11.4 Å². The van der Waals surface area contributed by atoms with Crippen LogP contribution in [0.5, 0.6) is 0 Å². The quantitative estimate of drug-likeness (QED) is 0.632. The summed E-state index contributed by atoms with van der Waals surface area (Å²) < 4.78 is 0. The van der Waals surface area contributed by atoms with Crippen LogP contribution in [0.25, 0.3) is 0 Å². The molecule has 16 heavy (non-hydrogen) atoms. The largest absolute Gasteiger partial charge is 0.397 e. The number of nitrogens with one attached hydrogen (secondary N) is 1. The predicted molar refractivity (Wildman–Crippen MR) is 74.3 cm³/mol. The number of benzene rings is 1. The summed E-state index contributed by atoms with van der Waals surface area (Å²) in [5.74, 6) is 1.04. The second kappa shape index (κ2) is 8.30. The maximum atomic E-state index is 11.5. The molecule has 0 saturated carbocycles. The first kappa shape index (κ1) is 15.1. The first-order valence-electron chi connectivity index (χ1n) is 4.87. The molecule has 90 valence electrons. The lowest BCUT2D eigenvalue weighted by Gasteiger charge is -2.07. The molecule has 5 heteroatoms. The second-order valence-electron chi connectivity index (χ2n) is 3.23. The van der Waals surface area contributed by atoms with E-state index in [-0.39, 0.29) is 18.3 Å². The molecule has 0 atom stereocenters. The topological polar surface area (TPSA) is 55.1 Å². The predicted octanol–water partition coefficient (Wildman–Crippen LogP) is 2.77. The van der Waals surface area contributed by atoms with Crippen molar-refractivity contribution in [1.82, 2.24) is 0 Å². The van der Waals surface area contributed by atoms with Gasteiger partial charge in [-0.05, 0) is 30.6 Å². The Balaban J connectivity index is 0.00000225. The summed E-state index contributed by atoms with van der Waals surface area (Å²) >= 11 is 1.75. The Morgan fingerprint density at radius 3 is 2.75 bits per heavy atom. The number of thioether (sulfide) groups is 1. The average molecular weight is 261 g/mol. The molecule has 3 nitrogen and oxygen atoms in total. The summed E-state index contributed by atoms with van der Waals surface area (Å²) in [6.07, 6.45) is 3.49. The fraction of sp³-hybridized carbons (Fsp3) is 0.364. The normalized spacial score (nSPS) is 9.31. The molecule has 0 aromatic heterocycles. The Labute approximate surface area is 107 Å². The Hall–Kier alpha value is -0.870.